The highest BCUT2D eigenvalue weighted by atomic mass is 79.9. The molecule has 4 saturated carbocycles. The summed E-state index contributed by atoms with van der Waals surface area (Å²) in [4.78, 5) is 26.0. The number of carbonyl (C=O) groups excluding carboxylic acids is 2. The average Bonchev–Trinajstić information content (AvgIpc) is 2.86. The molecule has 4 nitrogen and oxygen atoms in total. The molecule has 0 saturated heterocycles. The molecule has 4 aliphatic rings. The molecular formula is C21H31BrO4. The minimum atomic E-state index is -1.37. The third-order valence-electron chi connectivity index (χ3n) is 9.06. The van der Waals surface area contributed by atoms with Gasteiger partial charge in [0.05, 0.1) is 11.4 Å². The zero-order chi connectivity index (χ0) is 18.9. The second-order valence-corrected chi connectivity index (χ2v) is 10.5. The number of hydrogen-bond acceptors (Lipinski definition) is 4. The molecule has 0 unspecified atom stereocenters. The van der Waals surface area contributed by atoms with Crippen LogP contribution in [0.15, 0.2) is 0 Å². The van der Waals surface area contributed by atoms with Crippen molar-refractivity contribution in [1.82, 2.24) is 0 Å². The van der Waals surface area contributed by atoms with Gasteiger partial charge in [-0.3, -0.25) is 9.59 Å². The monoisotopic (exact) mass is 426 g/mol. The molecule has 4 aliphatic carbocycles. The third kappa shape index (κ3) is 2.32. The summed E-state index contributed by atoms with van der Waals surface area (Å²) in [6.07, 6.45) is 5.98. The van der Waals surface area contributed by atoms with Gasteiger partial charge < -0.3 is 10.2 Å². The predicted octanol–water partition coefficient (Wildman–Crippen LogP) is 3.26. The summed E-state index contributed by atoms with van der Waals surface area (Å²) >= 11 is 3.23. The minimum Gasteiger partial charge on any atom is -0.393 e. The number of Topliss-reactive ketones (excluding diaryl/α,β-unsaturated/α-hetero) is 2. The quantitative estimate of drug-likeness (QED) is 0.664. The van der Waals surface area contributed by atoms with Crippen LogP contribution in [0.5, 0.6) is 0 Å². The molecule has 8 atom stereocenters. The van der Waals surface area contributed by atoms with E-state index in [2.05, 4.69) is 22.9 Å². The molecule has 0 heterocycles. The molecular weight excluding hydrogens is 396 g/mol. The maximum absolute atomic E-state index is 13.4. The molecule has 26 heavy (non-hydrogen) atoms. The van der Waals surface area contributed by atoms with E-state index in [-0.39, 0.29) is 46.2 Å². The normalized spacial score (nSPS) is 53.6. The first-order valence-electron chi connectivity index (χ1n) is 10.2. The van der Waals surface area contributed by atoms with E-state index < -0.39 is 11.0 Å². The van der Waals surface area contributed by atoms with Gasteiger partial charge in [-0.25, -0.2) is 0 Å². The number of carbonyl (C=O) groups is 2. The van der Waals surface area contributed by atoms with Gasteiger partial charge in [-0.15, -0.1) is 0 Å². The molecule has 0 aromatic heterocycles. The van der Waals surface area contributed by atoms with Gasteiger partial charge in [0, 0.05) is 17.8 Å². The summed E-state index contributed by atoms with van der Waals surface area (Å²) in [6, 6.07) is 0. The highest BCUT2D eigenvalue weighted by Crippen LogP contribution is 2.67. The van der Waals surface area contributed by atoms with E-state index in [4.69, 9.17) is 0 Å². The van der Waals surface area contributed by atoms with Crippen molar-refractivity contribution >= 4 is 27.5 Å². The molecule has 0 aromatic carbocycles. The number of aliphatic hydroxyl groups excluding tert-OH is 1. The van der Waals surface area contributed by atoms with E-state index in [0.29, 0.717) is 18.8 Å². The van der Waals surface area contributed by atoms with Gasteiger partial charge in [-0.05, 0) is 68.1 Å². The van der Waals surface area contributed by atoms with Crippen molar-refractivity contribution in [2.45, 2.75) is 76.9 Å². The first-order valence-corrected chi connectivity index (χ1v) is 11.3. The molecule has 146 valence electrons. The summed E-state index contributed by atoms with van der Waals surface area (Å²) in [6.45, 7) is 4.25. The van der Waals surface area contributed by atoms with Crippen LogP contribution >= 0.6 is 15.9 Å². The Hall–Kier alpha value is -0.260. The average molecular weight is 427 g/mol. The van der Waals surface area contributed by atoms with Gasteiger partial charge >= 0.3 is 0 Å². The maximum atomic E-state index is 13.4. The number of ketones is 2. The van der Waals surface area contributed by atoms with Crippen LogP contribution in [0.2, 0.25) is 0 Å². The number of alkyl halides is 1. The van der Waals surface area contributed by atoms with E-state index in [1.807, 2.05) is 6.92 Å². The topological polar surface area (TPSA) is 74.6 Å². The Balaban J connectivity index is 1.70. The van der Waals surface area contributed by atoms with Crippen LogP contribution in [0, 0.1) is 34.5 Å². The molecule has 0 bridgehead atoms. The SMILES string of the molecule is C[C@]12CC[C@H](O)C[C@@H]1CC[C@@H]1[C@@H]2C(=O)C[C@]2(C)[C@H]1CC[C@@]2(O)C(=O)CBr. The Bertz CT molecular complexity index is 636. The van der Waals surface area contributed by atoms with E-state index in [1.54, 1.807) is 0 Å². The Morgan fingerprint density at radius 3 is 2.62 bits per heavy atom. The molecule has 0 aromatic rings. The summed E-state index contributed by atoms with van der Waals surface area (Å²) < 4.78 is 0. The lowest BCUT2D eigenvalue weighted by Gasteiger charge is -2.60. The summed E-state index contributed by atoms with van der Waals surface area (Å²) in [7, 11) is 0. The number of fused-ring (bicyclic) bond motifs is 5. The minimum absolute atomic E-state index is 0.0271. The van der Waals surface area contributed by atoms with Crippen molar-refractivity contribution < 1.29 is 19.8 Å². The molecule has 5 heteroatoms. The lowest BCUT2D eigenvalue weighted by Crippen LogP contribution is -2.62. The van der Waals surface area contributed by atoms with Crippen LogP contribution in [0.25, 0.3) is 0 Å². The number of aliphatic hydroxyl groups is 2. The van der Waals surface area contributed by atoms with Gasteiger partial charge in [-0.2, -0.15) is 0 Å². The predicted molar refractivity (Wildman–Crippen MR) is 102 cm³/mol. The lowest BCUT2D eigenvalue weighted by atomic mass is 9.44. The van der Waals surface area contributed by atoms with Crippen molar-refractivity contribution in [2.24, 2.45) is 34.5 Å². The van der Waals surface area contributed by atoms with Crippen LogP contribution in [0.3, 0.4) is 0 Å². The zero-order valence-electron chi connectivity index (χ0n) is 15.8. The second-order valence-electron chi connectivity index (χ2n) is 9.97. The van der Waals surface area contributed by atoms with Gasteiger partial charge in [0.15, 0.2) is 5.78 Å². The Kier molecular flexibility index (Phi) is 4.49. The number of halogens is 1. The second kappa shape index (κ2) is 6.12. The Labute approximate surface area is 164 Å². The van der Waals surface area contributed by atoms with Crippen LogP contribution in [0.4, 0.5) is 0 Å². The van der Waals surface area contributed by atoms with Crippen LogP contribution in [0.1, 0.15) is 65.2 Å². The zero-order valence-corrected chi connectivity index (χ0v) is 17.4. The first-order chi connectivity index (χ1) is 12.2. The smallest absolute Gasteiger partial charge is 0.175 e. The first kappa shape index (κ1) is 19.1. The van der Waals surface area contributed by atoms with E-state index in [1.165, 1.54) is 0 Å². The van der Waals surface area contributed by atoms with E-state index in [9.17, 15) is 19.8 Å². The Morgan fingerprint density at radius 1 is 1.19 bits per heavy atom. The molecule has 0 radical (unpaired) electrons. The Morgan fingerprint density at radius 2 is 1.92 bits per heavy atom. The van der Waals surface area contributed by atoms with Crippen LogP contribution < -0.4 is 0 Å². The fourth-order valence-corrected chi connectivity index (χ4v) is 8.09. The standard InChI is InChI=1S/C21H31BrO4/c1-19-7-5-13(23)9-12(19)3-4-14-15-6-8-21(26,17(25)11-22)20(15,2)10-16(24)18(14)19/h12-15,18,23,26H,3-11H2,1-2H3/t12-,13-,14-,15-,18+,19-,20+,21+/m0/s1. The van der Waals surface area contributed by atoms with Gasteiger partial charge in [0.2, 0.25) is 0 Å². The number of hydrogen-bond donors (Lipinski definition) is 2. The summed E-state index contributed by atoms with van der Waals surface area (Å²) in [5.41, 5.74) is -2.03. The van der Waals surface area contributed by atoms with Crippen LogP contribution in [-0.4, -0.2) is 38.8 Å². The fraction of sp³-hybridized carbons (Fsp3) is 0.905. The molecule has 2 N–H and O–H groups in total. The summed E-state index contributed by atoms with van der Waals surface area (Å²) in [5, 5.41) is 21.5. The van der Waals surface area contributed by atoms with Gasteiger partial charge in [0.1, 0.15) is 11.4 Å². The molecule has 0 spiro atoms. The van der Waals surface area contributed by atoms with Crippen molar-refractivity contribution in [3.8, 4) is 0 Å². The van der Waals surface area contributed by atoms with Crippen molar-refractivity contribution in [2.75, 3.05) is 5.33 Å². The largest absolute Gasteiger partial charge is 0.393 e. The highest BCUT2D eigenvalue weighted by molar-refractivity contribution is 9.09. The molecule has 4 fully saturated rings. The maximum Gasteiger partial charge on any atom is 0.175 e. The van der Waals surface area contributed by atoms with Gasteiger partial charge in [-0.1, -0.05) is 29.8 Å². The lowest BCUT2D eigenvalue weighted by molar-refractivity contribution is -0.177. The number of rotatable bonds is 2. The van der Waals surface area contributed by atoms with Crippen LogP contribution in [-0.2, 0) is 9.59 Å². The molecule has 0 aliphatic heterocycles. The fourth-order valence-electron chi connectivity index (χ4n) is 7.62. The van der Waals surface area contributed by atoms with Gasteiger partial charge in [0.25, 0.3) is 0 Å². The van der Waals surface area contributed by atoms with Crippen molar-refractivity contribution in [3.05, 3.63) is 0 Å². The van der Waals surface area contributed by atoms with Crippen molar-refractivity contribution in [1.29, 1.82) is 0 Å². The molecule has 0 amide bonds. The van der Waals surface area contributed by atoms with E-state index in [0.717, 1.165) is 38.5 Å². The molecule has 4 rings (SSSR count). The van der Waals surface area contributed by atoms with E-state index >= 15 is 0 Å². The summed E-state index contributed by atoms with van der Waals surface area (Å²) in [5.74, 6) is 1.05. The van der Waals surface area contributed by atoms with Crippen molar-refractivity contribution in [3.63, 3.8) is 0 Å². The third-order valence-corrected chi connectivity index (χ3v) is 9.57. The highest BCUT2D eigenvalue weighted by Gasteiger charge is 2.68.